The minimum absolute atomic E-state index is 0.260. The number of rotatable bonds is 8. The molecule has 0 saturated carbocycles. The molecule has 2 rings (SSSR count). The summed E-state index contributed by atoms with van der Waals surface area (Å²) in [7, 11) is 3.26. The Bertz CT molecular complexity index is 550. The third kappa shape index (κ3) is 3.29. The molecule has 0 saturated heterocycles. The van der Waals surface area contributed by atoms with E-state index in [0.717, 1.165) is 34.7 Å². The van der Waals surface area contributed by atoms with Crippen LogP contribution in [0.2, 0.25) is 0 Å². The number of hydrogen-bond donors (Lipinski definition) is 0. The first kappa shape index (κ1) is 15.2. The molecule has 1 heterocycles. The Morgan fingerprint density at radius 3 is 2.80 bits per heavy atom. The lowest BCUT2D eigenvalue weighted by Crippen LogP contribution is -1.99. The van der Waals surface area contributed by atoms with Crippen LogP contribution in [-0.4, -0.2) is 33.0 Å². The summed E-state index contributed by atoms with van der Waals surface area (Å²) < 4.78 is 21.7. The number of methoxy groups -OCH3 is 2. The van der Waals surface area contributed by atoms with Crippen molar-refractivity contribution < 1.29 is 18.6 Å². The highest BCUT2D eigenvalue weighted by molar-refractivity contribution is 7.98. The van der Waals surface area contributed by atoms with Gasteiger partial charge in [-0.05, 0) is 24.5 Å². The number of ether oxygens (including phenoxy) is 3. The normalized spacial score (nSPS) is 11.2. The zero-order valence-electron chi connectivity index (χ0n) is 12.1. The summed E-state index contributed by atoms with van der Waals surface area (Å²) in [5.41, 5.74) is 1.99. The van der Waals surface area contributed by atoms with E-state index in [4.69, 9.17) is 18.6 Å². The van der Waals surface area contributed by atoms with Crippen molar-refractivity contribution in [1.82, 2.24) is 0 Å². The van der Waals surface area contributed by atoms with E-state index in [-0.39, 0.29) is 6.79 Å². The standard InChI is InChI=1S/C15H20O4S/c1-16-10-18-9-14-11(7-8-20-3)12-5-4-6-13(17-2)15(12)19-14/h4-6H,7-10H2,1-3H3. The topological polar surface area (TPSA) is 40.8 Å². The van der Waals surface area contributed by atoms with Crippen LogP contribution in [0, 0.1) is 0 Å². The Morgan fingerprint density at radius 2 is 2.10 bits per heavy atom. The summed E-state index contributed by atoms with van der Waals surface area (Å²) >= 11 is 1.82. The van der Waals surface area contributed by atoms with Gasteiger partial charge in [-0.2, -0.15) is 11.8 Å². The number of furan rings is 1. The molecule has 110 valence electrons. The van der Waals surface area contributed by atoms with Crippen molar-refractivity contribution in [2.24, 2.45) is 0 Å². The van der Waals surface area contributed by atoms with Crippen molar-refractivity contribution in [3.63, 3.8) is 0 Å². The van der Waals surface area contributed by atoms with E-state index in [1.54, 1.807) is 14.2 Å². The predicted molar refractivity (Wildman–Crippen MR) is 81.5 cm³/mol. The molecule has 1 aromatic heterocycles. The Balaban J connectivity index is 2.37. The number of hydrogen-bond acceptors (Lipinski definition) is 5. The molecular formula is C15H20O4S. The first-order valence-corrected chi connectivity index (χ1v) is 7.84. The van der Waals surface area contributed by atoms with E-state index < -0.39 is 0 Å². The van der Waals surface area contributed by atoms with Gasteiger partial charge in [-0.15, -0.1) is 0 Å². The number of aryl methyl sites for hydroxylation is 1. The van der Waals surface area contributed by atoms with E-state index >= 15 is 0 Å². The molecule has 4 nitrogen and oxygen atoms in total. The van der Waals surface area contributed by atoms with Gasteiger partial charge in [0.1, 0.15) is 19.2 Å². The van der Waals surface area contributed by atoms with Gasteiger partial charge in [0.15, 0.2) is 11.3 Å². The lowest BCUT2D eigenvalue weighted by atomic mass is 10.1. The first-order valence-electron chi connectivity index (χ1n) is 6.44. The van der Waals surface area contributed by atoms with E-state index in [9.17, 15) is 0 Å². The third-order valence-corrected chi connectivity index (χ3v) is 3.69. The summed E-state index contributed by atoms with van der Waals surface area (Å²) in [6.07, 6.45) is 3.05. The average molecular weight is 296 g/mol. The lowest BCUT2D eigenvalue weighted by Gasteiger charge is -2.03. The molecule has 0 radical (unpaired) electrons. The minimum atomic E-state index is 0.260. The second kappa shape index (κ2) is 7.57. The van der Waals surface area contributed by atoms with Crippen molar-refractivity contribution in [2.75, 3.05) is 33.0 Å². The van der Waals surface area contributed by atoms with Gasteiger partial charge < -0.3 is 18.6 Å². The fourth-order valence-corrected chi connectivity index (χ4v) is 2.58. The number of thioether (sulfide) groups is 1. The van der Waals surface area contributed by atoms with Crippen LogP contribution in [0.15, 0.2) is 22.6 Å². The van der Waals surface area contributed by atoms with Crippen molar-refractivity contribution >= 4 is 22.7 Å². The molecule has 5 heteroatoms. The van der Waals surface area contributed by atoms with Crippen molar-refractivity contribution in [3.05, 3.63) is 29.5 Å². The van der Waals surface area contributed by atoms with Crippen LogP contribution in [0.4, 0.5) is 0 Å². The molecule has 0 aliphatic rings. The molecule has 1 aromatic carbocycles. The highest BCUT2D eigenvalue weighted by Crippen LogP contribution is 2.33. The summed E-state index contributed by atoms with van der Waals surface area (Å²) in [5.74, 6) is 2.66. The summed E-state index contributed by atoms with van der Waals surface area (Å²) in [5, 5.41) is 1.11. The first-order chi connectivity index (χ1) is 9.81. The van der Waals surface area contributed by atoms with E-state index in [2.05, 4.69) is 12.3 Å². The molecular weight excluding hydrogens is 276 g/mol. The van der Waals surface area contributed by atoms with Gasteiger partial charge in [0.05, 0.1) is 7.11 Å². The van der Waals surface area contributed by atoms with Gasteiger partial charge in [-0.3, -0.25) is 0 Å². The Labute approximate surface area is 123 Å². The number of para-hydroxylation sites is 1. The SMILES string of the molecule is COCOCc1oc2c(OC)cccc2c1CCSC. The van der Waals surface area contributed by atoms with Crippen molar-refractivity contribution in [1.29, 1.82) is 0 Å². The zero-order chi connectivity index (χ0) is 14.4. The smallest absolute Gasteiger partial charge is 0.176 e. The zero-order valence-corrected chi connectivity index (χ0v) is 12.9. The van der Waals surface area contributed by atoms with E-state index in [0.29, 0.717) is 6.61 Å². The van der Waals surface area contributed by atoms with Crippen molar-refractivity contribution in [2.45, 2.75) is 13.0 Å². The second-order valence-electron chi connectivity index (χ2n) is 4.34. The Hall–Kier alpha value is -1.17. The summed E-state index contributed by atoms with van der Waals surface area (Å²) in [4.78, 5) is 0. The molecule has 0 atom stereocenters. The molecule has 0 fully saturated rings. The van der Waals surface area contributed by atoms with Crippen LogP contribution in [0.1, 0.15) is 11.3 Å². The maximum atomic E-state index is 5.95. The maximum absolute atomic E-state index is 5.95. The molecule has 0 unspecified atom stereocenters. The molecule has 20 heavy (non-hydrogen) atoms. The third-order valence-electron chi connectivity index (χ3n) is 3.08. The summed E-state index contributed by atoms with van der Waals surface area (Å²) in [6, 6.07) is 5.96. The molecule has 0 bridgehead atoms. The fourth-order valence-electron chi connectivity index (χ4n) is 2.17. The van der Waals surface area contributed by atoms with Gasteiger partial charge in [0.2, 0.25) is 0 Å². The van der Waals surface area contributed by atoms with Crippen LogP contribution in [0.5, 0.6) is 5.75 Å². The quantitative estimate of drug-likeness (QED) is 0.551. The van der Waals surface area contributed by atoms with Gasteiger partial charge >= 0.3 is 0 Å². The molecule has 0 aliphatic carbocycles. The highest BCUT2D eigenvalue weighted by atomic mass is 32.2. The highest BCUT2D eigenvalue weighted by Gasteiger charge is 2.16. The number of fused-ring (bicyclic) bond motifs is 1. The summed E-state index contributed by atoms with van der Waals surface area (Å²) in [6.45, 7) is 0.672. The molecule has 0 aliphatic heterocycles. The van der Waals surface area contributed by atoms with Crippen molar-refractivity contribution in [3.8, 4) is 5.75 Å². The van der Waals surface area contributed by atoms with Crippen LogP contribution in [0.3, 0.4) is 0 Å². The Morgan fingerprint density at radius 1 is 1.25 bits per heavy atom. The fraction of sp³-hybridized carbons (Fsp3) is 0.467. The lowest BCUT2D eigenvalue weighted by molar-refractivity contribution is -0.0439. The van der Waals surface area contributed by atoms with Gasteiger partial charge in [-0.1, -0.05) is 12.1 Å². The van der Waals surface area contributed by atoms with Gasteiger partial charge in [-0.25, -0.2) is 0 Å². The monoisotopic (exact) mass is 296 g/mol. The van der Waals surface area contributed by atoms with Crippen LogP contribution < -0.4 is 4.74 Å². The van der Waals surface area contributed by atoms with Crippen LogP contribution in [0.25, 0.3) is 11.0 Å². The molecule has 0 amide bonds. The molecule has 2 aromatic rings. The van der Waals surface area contributed by atoms with Gasteiger partial charge in [0.25, 0.3) is 0 Å². The van der Waals surface area contributed by atoms with E-state index in [1.165, 1.54) is 5.56 Å². The maximum Gasteiger partial charge on any atom is 0.176 e. The number of benzene rings is 1. The Kier molecular flexibility index (Phi) is 5.76. The van der Waals surface area contributed by atoms with Crippen LogP contribution >= 0.6 is 11.8 Å². The molecule has 0 spiro atoms. The average Bonchev–Trinajstić information content (AvgIpc) is 2.83. The molecule has 0 N–H and O–H groups in total. The minimum Gasteiger partial charge on any atom is -0.493 e. The van der Waals surface area contributed by atoms with Crippen LogP contribution in [-0.2, 0) is 22.5 Å². The van der Waals surface area contributed by atoms with Gasteiger partial charge in [0, 0.05) is 18.1 Å². The second-order valence-corrected chi connectivity index (χ2v) is 5.32. The largest absolute Gasteiger partial charge is 0.493 e. The predicted octanol–water partition coefficient (Wildman–Crippen LogP) is 3.47. The van der Waals surface area contributed by atoms with E-state index in [1.807, 2.05) is 23.9 Å².